The molecule has 0 aromatic heterocycles. The van der Waals surface area contributed by atoms with Crippen molar-refractivity contribution >= 4 is 0 Å². The molecule has 0 heteroatoms. The highest BCUT2D eigenvalue weighted by Gasteiger charge is 2.27. The smallest absolute Gasteiger partial charge is 0.00957 e. The molecule has 1 aromatic carbocycles. The average molecular weight is 203 g/mol. The molecule has 1 aromatic rings. The molecule has 0 N–H and O–H groups in total. The third-order valence-corrected chi connectivity index (χ3v) is 2.78. The lowest BCUT2D eigenvalue weighted by Gasteiger charge is -2.34. The lowest BCUT2D eigenvalue weighted by Crippen LogP contribution is -2.25. The lowest BCUT2D eigenvalue weighted by atomic mass is 9.71. The molecule has 1 radical (unpaired) electrons. The molecular formula is C15H23. The molecule has 0 nitrogen and oxygen atoms in total. The van der Waals surface area contributed by atoms with Crippen LogP contribution in [-0.4, -0.2) is 0 Å². The van der Waals surface area contributed by atoms with Crippen LogP contribution in [0.3, 0.4) is 0 Å². The van der Waals surface area contributed by atoms with Crippen LogP contribution in [0.2, 0.25) is 0 Å². The van der Waals surface area contributed by atoms with Crippen LogP contribution in [0.5, 0.6) is 0 Å². The Labute approximate surface area is 94.7 Å². The van der Waals surface area contributed by atoms with E-state index < -0.39 is 0 Å². The number of rotatable bonds is 2. The maximum Gasteiger partial charge on any atom is -0.00957 e. The third kappa shape index (κ3) is 3.37. The molecule has 0 amide bonds. The topological polar surface area (TPSA) is 0 Å². The summed E-state index contributed by atoms with van der Waals surface area (Å²) >= 11 is 0. The van der Waals surface area contributed by atoms with Gasteiger partial charge in [0.05, 0.1) is 0 Å². The fourth-order valence-electron chi connectivity index (χ4n) is 2.66. The van der Waals surface area contributed by atoms with Gasteiger partial charge in [-0.2, -0.15) is 0 Å². The first-order chi connectivity index (χ1) is 6.72. The fraction of sp³-hybridized carbons (Fsp3) is 0.600. The second kappa shape index (κ2) is 4.00. The zero-order chi connectivity index (χ0) is 11.7. The van der Waals surface area contributed by atoms with E-state index in [-0.39, 0.29) is 5.41 Å². The van der Waals surface area contributed by atoms with Crippen molar-refractivity contribution in [3.05, 3.63) is 35.4 Å². The molecule has 0 bridgehead atoms. The van der Waals surface area contributed by atoms with Crippen molar-refractivity contribution in [3.63, 3.8) is 0 Å². The number of aryl methyl sites for hydroxylation is 1. The van der Waals surface area contributed by atoms with Gasteiger partial charge in [0.15, 0.2) is 0 Å². The molecule has 0 saturated heterocycles. The SMILES string of the molecule is Cc1cc[c]cc1C(C)(C)CC(C)(C)C. The van der Waals surface area contributed by atoms with Gasteiger partial charge in [-0.05, 0) is 41.4 Å². The molecule has 0 spiro atoms. The van der Waals surface area contributed by atoms with Crippen LogP contribution in [0, 0.1) is 18.4 Å². The van der Waals surface area contributed by atoms with Crippen molar-refractivity contribution in [2.75, 3.05) is 0 Å². The zero-order valence-electron chi connectivity index (χ0n) is 10.9. The maximum absolute atomic E-state index is 3.19. The van der Waals surface area contributed by atoms with Crippen molar-refractivity contribution in [2.45, 2.75) is 53.4 Å². The van der Waals surface area contributed by atoms with Gasteiger partial charge in [-0.1, -0.05) is 52.8 Å². The summed E-state index contributed by atoms with van der Waals surface area (Å²) in [5.41, 5.74) is 3.41. The molecule has 83 valence electrons. The Morgan fingerprint density at radius 3 is 2.20 bits per heavy atom. The lowest BCUT2D eigenvalue weighted by molar-refractivity contribution is 0.283. The van der Waals surface area contributed by atoms with Gasteiger partial charge in [0.25, 0.3) is 0 Å². The highest BCUT2D eigenvalue weighted by molar-refractivity contribution is 5.31. The minimum atomic E-state index is 0.236. The average Bonchev–Trinajstić information content (AvgIpc) is 1.99. The van der Waals surface area contributed by atoms with Crippen molar-refractivity contribution in [2.24, 2.45) is 5.41 Å². The summed E-state index contributed by atoms with van der Waals surface area (Å²) in [6.07, 6.45) is 1.19. The Balaban J connectivity index is 3.01. The fourth-order valence-corrected chi connectivity index (χ4v) is 2.66. The molecule has 0 aliphatic heterocycles. The van der Waals surface area contributed by atoms with Crippen LogP contribution in [0.1, 0.15) is 52.2 Å². The van der Waals surface area contributed by atoms with Crippen LogP contribution < -0.4 is 0 Å². The summed E-state index contributed by atoms with van der Waals surface area (Å²) in [7, 11) is 0. The predicted molar refractivity (Wildman–Crippen MR) is 67.1 cm³/mol. The van der Waals surface area contributed by atoms with Crippen LogP contribution in [0.25, 0.3) is 0 Å². The molecule has 15 heavy (non-hydrogen) atoms. The highest BCUT2D eigenvalue weighted by Crippen LogP contribution is 2.37. The first-order valence-corrected chi connectivity index (χ1v) is 5.70. The summed E-state index contributed by atoms with van der Waals surface area (Å²) in [5, 5.41) is 0. The van der Waals surface area contributed by atoms with Crippen molar-refractivity contribution in [1.29, 1.82) is 0 Å². The Bertz CT molecular complexity index is 326. The minimum absolute atomic E-state index is 0.236. The second-order valence-corrected chi connectivity index (χ2v) is 6.36. The third-order valence-electron chi connectivity index (χ3n) is 2.78. The molecule has 0 unspecified atom stereocenters. The van der Waals surface area contributed by atoms with Gasteiger partial charge in [0, 0.05) is 0 Å². The Morgan fingerprint density at radius 2 is 1.73 bits per heavy atom. The van der Waals surface area contributed by atoms with Gasteiger partial charge < -0.3 is 0 Å². The Hall–Kier alpha value is -0.780. The van der Waals surface area contributed by atoms with Gasteiger partial charge in [0.1, 0.15) is 0 Å². The van der Waals surface area contributed by atoms with Crippen LogP contribution in [-0.2, 0) is 5.41 Å². The molecule has 0 saturated carbocycles. The van der Waals surface area contributed by atoms with E-state index in [1.807, 2.05) is 6.07 Å². The van der Waals surface area contributed by atoms with E-state index >= 15 is 0 Å². The van der Waals surface area contributed by atoms with Crippen molar-refractivity contribution in [1.82, 2.24) is 0 Å². The Kier molecular flexibility index (Phi) is 3.28. The number of hydrogen-bond acceptors (Lipinski definition) is 0. The summed E-state index contributed by atoms with van der Waals surface area (Å²) in [5.74, 6) is 0. The van der Waals surface area contributed by atoms with E-state index in [1.165, 1.54) is 17.5 Å². The van der Waals surface area contributed by atoms with Crippen LogP contribution >= 0.6 is 0 Å². The predicted octanol–water partition coefficient (Wildman–Crippen LogP) is 4.51. The van der Waals surface area contributed by atoms with E-state index in [0.29, 0.717) is 5.41 Å². The van der Waals surface area contributed by atoms with Gasteiger partial charge in [0.2, 0.25) is 0 Å². The maximum atomic E-state index is 3.19. The van der Waals surface area contributed by atoms with Gasteiger partial charge in [-0.15, -0.1) is 0 Å². The van der Waals surface area contributed by atoms with Crippen molar-refractivity contribution < 1.29 is 0 Å². The zero-order valence-corrected chi connectivity index (χ0v) is 10.9. The summed E-state index contributed by atoms with van der Waals surface area (Å²) in [6, 6.07) is 9.48. The number of benzene rings is 1. The van der Waals surface area contributed by atoms with E-state index in [0.717, 1.165) is 0 Å². The first kappa shape index (κ1) is 12.3. The molecule has 0 aliphatic carbocycles. The molecule has 0 atom stereocenters. The van der Waals surface area contributed by atoms with E-state index in [1.54, 1.807) is 0 Å². The molecule has 0 heterocycles. The highest BCUT2D eigenvalue weighted by atomic mass is 14.3. The summed E-state index contributed by atoms with van der Waals surface area (Å²) in [6.45, 7) is 13.8. The van der Waals surface area contributed by atoms with Gasteiger partial charge in [-0.3, -0.25) is 0 Å². The molecule has 0 aliphatic rings. The summed E-state index contributed by atoms with van der Waals surface area (Å²) < 4.78 is 0. The van der Waals surface area contributed by atoms with E-state index in [2.05, 4.69) is 59.7 Å². The normalized spacial score (nSPS) is 12.9. The quantitative estimate of drug-likeness (QED) is 0.663. The van der Waals surface area contributed by atoms with E-state index in [4.69, 9.17) is 0 Å². The second-order valence-electron chi connectivity index (χ2n) is 6.36. The van der Waals surface area contributed by atoms with E-state index in [9.17, 15) is 0 Å². The van der Waals surface area contributed by atoms with Gasteiger partial charge in [-0.25, -0.2) is 0 Å². The monoisotopic (exact) mass is 203 g/mol. The Morgan fingerprint density at radius 1 is 1.13 bits per heavy atom. The van der Waals surface area contributed by atoms with Crippen molar-refractivity contribution in [3.8, 4) is 0 Å². The van der Waals surface area contributed by atoms with Crippen LogP contribution in [0.4, 0.5) is 0 Å². The molecule has 1 rings (SSSR count). The summed E-state index contributed by atoms with van der Waals surface area (Å²) in [4.78, 5) is 0. The number of hydrogen-bond donors (Lipinski definition) is 0. The standard InChI is InChI=1S/C15H23/c1-12-9-7-8-10-13(12)15(5,6)11-14(2,3)4/h7,9-10H,11H2,1-6H3. The van der Waals surface area contributed by atoms with Gasteiger partial charge >= 0.3 is 0 Å². The minimum Gasteiger partial charge on any atom is -0.0601 e. The van der Waals surface area contributed by atoms with Crippen LogP contribution in [0.15, 0.2) is 18.2 Å². The largest absolute Gasteiger partial charge is 0.0601 e. The molecular weight excluding hydrogens is 180 g/mol. The first-order valence-electron chi connectivity index (χ1n) is 5.70. The molecule has 0 fully saturated rings.